The van der Waals surface area contributed by atoms with Gasteiger partial charge in [0.1, 0.15) is 5.60 Å². The lowest BCUT2D eigenvalue weighted by Gasteiger charge is -2.26. The summed E-state index contributed by atoms with van der Waals surface area (Å²) in [7, 11) is 0. The standard InChI is InChI=1S/C19H32N2O2/c1-7-21(18(22)23-19(4,5)6)10-8-9-20-14-17-12-15(2)11-16(3)13-17/h11-13,20H,7-10,14H2,1-6H3. The molecule has 23 heavy (non-hydrogen) atoms. The highest BCUT2D eigenvalue weighted by Crippen LogP contribution is 2.10. The van der Waals surface area contributed by atoms with E-state index in [1.807, 2.05) is 27.7 Å². The van der Waals surface area contributed by atoms with Gasteiger partial charge in [-0.2, -0.15) is 0 Å². The lowest BCUT2D eigenvalue weighted by Crippen LogP contribution is -2.38. The van der Waals surface area contributed by atoms with Crippen LogP contribution in [0.1, 0.15) is 50.8 Å². The molecule has 0 heterocycles. The van der Waals surface area contributed by atoms with Crippen LogP contribution in [-0.4, -0.2) is 36.2 Å². The molecule has 1 aromatic rings. The molecule has 0 spiro atoms. The number of carbonyl (C=O) groups is 1. The maximum Gasteiger partial charge on any atom is 0.410 e. The molecule has 1 amide bonds. The first-order valence-corrected chi connectivity index (χ1v) is 8.47. The number of carbonyl (C=O) groups excluding carboxylic acids is 1. The first-order chi connectivity index (χ1) is 10.7. The Hall–Kier alpha value is -1.55. The Bertz CT molecular complexity index is 486. The fraction of sp³-hybridized carbons (Fsp3) is 0.632. The maximum absolute atomic E-state index is 12.0. The van der Waals surface area contributed by atoms with Gasteiger partial charge < -0.3 is 15.0 Å². The molecule has 0 saturated carbocycles. The van der Waals surface area contributed by atoms with Gasteiger partial charge in [0.25, 0.3) is 0 Å². The zero-order valence-corrected chi connectivity index (χ0v) is 15.5. The number of amides is 1. The van der Waals surface area contributed by atoms with E-state index >= 15 is 0 Å². The fourth-order valence-electron chi connectivity index (χ4n) is 2.50. The molecule has 4 heteroatoms. The third-order valence-corrected chi connectivity index (χ3v) is 3.43. The molecule has 0 saturated heterocycles. The molecular weight excluding hydrogens is 288 g/mol. The van der Waals surface area contributed by atoms with E-state index < -0.39 is 5.60 Å². The smallest absolute Gasteiger partial charge is 0.410 e. The summed E-state index contributed by atoms with van der Waals surface area (Å²) in [5, 5.41) is 3.44. The van der Waals surface area contributed by atoms with E-state index in [2.05, 4.69) is 37.4 Å². The normalized spacial score (nSPS) is 11.4. The monoisotopic (exact) mass is 320 g/mol. The van der Waals surface area contributed by atoms with Crippen molar-refractivity contribution in [2.45, 2.75) is 60.1 Å². The molecule has 1 aromatic carbocycles. The molecule has 0 bridgehead atoms. The van der Waals surface area contributed by atoms with E-state index in [1.165, 1.54) is 16.7 Å². The SMILES string of the molecule is CCN(CCCNCc1cc(C)cc(C)c1)C(=O)OC(C)(C)C. The van der Waals surface area contributed by atoms with Gasteiger partial charge in [-0.05, 0) is 60.1 Å². The average molecular weight is 320 g/mol. The molecule has 0 aliphatic rings. The summed E-state index contributed by atoms with van der Waals surface area (Å²) in [4.78, 5) is 13.8. The molecule has 0 atom stereocenters. The highest BCUT2D eigenvalue weighted by Gasteiger charge is 2.20. The Morgan fingerprint density at radius 1 is 1.17 bits per heavy atom. The Morgan fingerprint density at radius 3 is 2.30 bits per heavy atom. The maximum atomic E-state index is 12.0. The number of hydrogen-bond donors (Lipinski definition) is 1. The van der Waals surface area contributed by atoms with Crippen LogP contribution in [0.3, 0.4) is 0 Å². The summed E-state index contributed by atoms with van der Waals surface area (Å²) in [5.41, 5.74) is 3.46. The van der Waals surface area contributed by atoms with Gasteiger partial charge in [-0.1, -0.05) is 29.3 Å². The number of ether oxygens (including phenoxy) is 1. The van der Waals surface area contributed by atoms with Crippen molar-refractivity contribution in [3.8, 4) is 0 Å². The van der Waals surface area contributed by atoms with Crippen LogP contribution in [0.25, 0.3) is 0 Å². The van der Waals surface area contributed by atoms with Crippen LogP contribution in [0.5, 0.6) is 0 Å². The van der Waals surface area contributed by atoms with Crippen molar-refractivity contribution in [1.29, 1.82) is 0 Å². The van der Waals surface area contributed by atoms with Gasteiger partial charge >= 0.3 is 6.09 Å². The summed E-state index contributed by atoms with van der Waals surface area (Å²) in [6.45, 7) is 15.0. The van der Waals surface area contributed by atoms with E-state index in [0.717, 1.165) is 19.5 Å². The number of nitrogens with zero attached hydrogens (tertiary/aromatic N) is 1. The molecule has 0 aromatic heterocycles. The van der Waals surface area contributed by atoms with Crippen molar-refractivity contribution >= 4 is 6.09 Å². The van der Waals surface area contributed by atoms with E-state index in [9.17, 15) is 4.79 Å². The summed E-state index contributed by atoms with van der Waals surface area (Å²) in [5.74, 6) is 0. The minimum atomic E-state index is -0.439. The van der Waals surface area contributed by atoms with E-state index in [1.54, 1.807) is 4.90 Å². The summed E-state index contributed by atoms with van der Waals surface area (Å²) >= 11 is 0. The second-order valence-corrected chi connectivity index (χ2v) is 7.09. The number of hydrogen-bond acceptors (Lipinski definition) is 3. The third-order valence-electron chi connectivity index (χ3n) is 3.43. The average Bonchev–Trinajstić information content (AvgIpc) is 2.39. The van der Waals surface area contributed by atoms with Crippen LogP contribution in [0.2, 0.25) is 0 Å². The first-order valence-electron chi connectivity index (χ1n) is 8.47. The number of aryl methyl sites for hydroxylation is 2. The summed E-state index contributed by atoms with van der Waals surface area (Å²) in [6, 6.07) is 6.60. The number of benzene rings is 1. The van der Waals surface area contributed by atoms with Gasteiger partial charge in [0.2, 0.25) is 0 Å². The van der Waals surface area contributed by atoms with Gasteiger partial charge in [-0.25, -0.2) is 4.79 Å². The molecule has 0 aliphatic heterocycles. The Morgan fingerprint density at radius 2 is 1.78 bits per heavy atom. The molecular formula is C19H32N2O2. The van der Waals surface area contributed by atoms with Gasteiger partial charge in [0, 0.05) is 19.6 Å². The van der Waals surface area contributed by atoms with Crippen LogP contribution in [0.15, 0.2) is 18.2 Å². The van der Waals surface area contributed by atoms with E-state index in [-0.39, 0.29) is 6.09 Å². The Labute approximate surface area is 141 Å². The van der Waals surface area contributed by atoms with Crippen molar-refractivity contribution in [2.75, 3.05) is 19.6 Å². The first kappa shape index (κ1) is 19.5. The Balaban J connectivity index is 2.31. The van der Waals surface area contributed by atoms with Crippen LogP contribution in [-0.2, 0) is 11.3 Å². The van der Waals surface area contributed by atoms with Crippen molar-refractivity contribution in [3.63, 3.8) is 0 Å². The zero-order chi connectivity index (χ0) is 17.5. The molecule has 130 valence electrons. The van der Waals surface area contributed by atoms with E-state index in [0.29, 0.717) is 13.1 Å². The fourth-order valence-corrected chi connectivity index (χ4v) is 2.50. The highest BCUT2D eigenvalue weighted by molar-refractivity contribution is 5.68. The lowest BCUT2D eigenvalue weighted by atomic mass is 10.1. The van der Waals surface area contributed by atoms with Crippen molar-refractivity contribution in [3.05, 3.63) is 34.9 Å². The molecule has 0 radical (unpaired) electrons. The molecule has 1 N–H and O–H groups in total. The summed E-state index contributed by atoms with van der Waals surface area (Å²) < 4.78 is 5.41. The number of rotatable bonds is 7. The molecule has 0 fully saturated rings. The van der Waals surface area contributed by atoms with Gasteiger partial charge in [0.05, 0.1) is 0 Å². The van der Waals surface area contributed by atoms with Crippen LogP contribution in [0.4, 0.5) is 4.79 Å². The minimum absolute atomic E-state index is 0.227. The molecule has 4 nitrogen and oxygen atoms in total. The second-order valence-electron chi connectivity index (χ2n) is 7.09. The molecule has 1 rings (SSSR count). The van der Waals surface area contributed by atoms with Crippen LogP contribution in [0, 0.1) is 13.8 Å². The van der Waals surface area contributed by atoms with Gasteiger partial charge in [0.15, 0.2) is 0 Å². The zero-order valence-electron chi connectivity index (χ0n) is 15.5. The third kappa shape index (κ3) is 8.03. The van der Waals surface area contributed by atoms with E-state index in [4.69, 9.17) is 4.74 Å². The topological polar surface area (TPSA) is 41.6 Å². The predicted molar refractivity (Wildman–Crippen MR) is 95.7 cm³/mol. The van der Waals surface area contributed by atoms with Gasteiger partial charge in [-0.15, -0.1) is 0 Å². The predicted octanol–water partition coefficient (Wildman–Crippen LogP) is 4.04. The van der Waals surface area contributed by atoms with Gasteiger partial charge in [-0.3, -0.25) is 0 Å². The molecule has 0 aliphatic carbocycles. The van der Waals surface area contributed by atoms with Crippen molar-refractivity contribution in [2.24, 2.45) is 0 Å². The largest absolute Gasteiger partial charge is 0.444 e. The quantitative estimate of drug-likeness (QED) is 0.771. The second kappa shape index (κ2) is 8.92. The van der Waals surface area contributed by atoms with Crippen LogP contribution >= 0.6 is 0 Å². The summed E-state index contributed by atoms with van der Waals surface area (Å²) in [6.07, 6.45) is 0.687. The molecule has 0 unspecified atom stereocenters. The lowest BCUT2D eigenvalue weighted by molar-refractivity contribution is 0.0258. The highest BCUT2D eigenvalue weighted by atomic mass is 16.6. The van der Waals surface area contributed by atoms with Crippen LogP contribution < -0.4 is 5.32 Å². The number of nitrogens with one attached hydrogen (secondary N) is 1. The Kier molecular flexibility index (Phi) is 7.56. The van der Waals surface area contributed by atoms with Crippen molar-refractivity contribution < 1.29 is 9.53 Å². The minimum Gasteiger partial charge on any atom is -0.444 e. The van der Waals surface area contributed by atoms with Crippen molar-refractivity contribution in [1.82, 2.24) is 10.2 Å².